The number of aromatic nitrogens is 2. The molecule has 18 heavy (non-hydrogen) atoms. The number of hydrogen-bond donors (Lipinski definition) is 1. The average molecular weight is 250 g/mol. The largest absolute Gasteiger partial charge is 0.383 e. The Hall–Kier alpha value is -1.20. The van der Waals surface area contributed by atoms with Crippen molar-refractivity contribution in [3.05, 3.63) is 17.8 Å². The Morgan fingerprint density at radius 1 is 1.44 bits per heavy atom. The van der Waals surface area contributed by atoms with Crippen molar-refractivity contribution in [1.82, 2.24) is 10.2 Å². The van der Waals surface area contributed by atoms with Crippen molar-refractivity contribution in [1.29, 1.82) is 0 Å². The summed E-state index contributed by atoms with van der Waals surface area (Å²) in [6.45, 7) is 4.25. The van der Waals surface area contributed by atoms with Crippen molar-refractivity contribution >= 4 is 5.82 Å². The highest BCUT2D eigenvalue weighted by Crippen LogP contribution is 2.36. The summed E-state index contributed by atoms with van der Waals surface area (Å²) in [5.74, 6) is 1.71. The Balaban J connectivity index is 2.09. The van der Waals surface area contributed by atoms with E-state index in [9.17, 15) is 0 Å². The summed E-state index contributed by atoms with van der Waals surface area (Å²) in [6, 6.07) is 4.45. The Morgan fingerprint density at radius 2 is 2.22 bits per heavy atom. The predicted molar refractivity (Wildman–Crippen MR) is 71.3 cm³/mol. The van der Waals surface area contributed by atoms with E-state index < -0.39 is 0 Å². The van der Waals surface area contributed by atoms with Crippen LogP contribution in [0.3, 0.4) is 0 Å². The summed E-state index contributed by atoms with van der Waals surface area (Å²) in [5.41, 5.74) is 6.36. The van der Waals surface area contributed by atoms with Crippen molar-refractivity contribution in [3.8, 4) is 0 Å². The zero-order valence-corrected chi connectivity index (χ0v) is 11.2. The van der Waals surface area contributed by atoms with Gasteiger partial charge in [0.05, 0.1) is 12.3 Å². The first-order chi connectivity index (χ1) is 8.76. The van der Waals surface area contributed by atoms with E-state index in [0.717, 1.165) is 24.0 Å². The van der Waals surface area contributed by atoms with Gasteiger partial charge in [-0.2, -0.15) is 5.10 Å². The van der Waals surface area contributed by atoms with Gasteiger partial charge in [0.25, 0.3) is 0 Å². The zero-order valence-electron chi connectivity index (χ0n) is 11.2. The van der Waals surface area contributed by atoms with Crippen LogP contribution in [0.2, 0.25) is 0 Å². The fraction of sp³-hybridized carbons (Fsp3) is 0.692. The molecule has 1 fully saturated rings. The van der Waals surface area contributed by atoms with Crippen LogP contribution in [0.25, 0.3) is 0 Å². The molecule has 5 heteroatoms. The van der Waals surface area contributed by atoms with Crippen LogP contribution in [-0.4, -0.2) is 36.5 Å². The first kappa shape index (κ1) is 13.2. The minimum Gasteiger partial charge on any atom is -0.383 e. The lowest BCUT2D eigenvalue weighted by molar-refractivity contribution is 0.202. The number of methoxy groups -OCH3 is 1. The predicted octanol–water partition coefficient (Wildman–Crippen LogP) is 1.19. The Kier molecular flexibility index (Phi) is 4.49. The summed E-state index contributed by atoms with van der Waals surface area (Å²) >= 11 is 0. The maximum Gasteiger partial charge on any atom is 0.151 e. The molecule has 0 amide bonds. The topological polar surface area (TPSA) is 64.3 Å². The molecule has 5 nitrogen and oxygen atoms in total. The number of nitrogens with zero attached hydrogens (tertiary/aromatic N) is 3. The van der Waals surface area contributed by atoms with E-state index in [1.807, 2.05) is 12.1 Å². The molecule has 0 bridgehead atoms. The van der Waals surface area contributed by atoms with Gasteiger partial charge in [0, 0.05) is 26.2 Å². The third-order valence-electron chi connectivity index (χ3n) is 3.54. The molecule has 0 radical (unpaired) electrons. The van der Waals surface area contributed by atoms with E-state index in [0.29, 0.717) is 19.2 Å². The number of ether oxygens (including phenoxy) is 1. The van der Waals surface area contributed by atoms with E-state index in [1.54, 1.807) is 7.11 Å². The van der Waals surface area contributed by atoms with Crippen molar-refractivity contribution < 1.29 is 4.74 Å². The SMILES string of the molecule is COCCN(c1ccc(CN)nn1)C(C)C1CC1. The lowest BCUT2D eigenvalue weighted by atomic mass is 10.2. The first-order valence-corrected chi connectivity index (χ1v) is 6.54. The van der Waals surface area contributed by atoms with Crippen molar-refractivity contribution in [2.75, 3.05) is 25.2 Å². The van der Waals surface area contributed by atoms with E-state index in [-0.39, 0.29) is 0 Å². The first-order valence-electron chi connectivity index (χ1n) is 6.54. The second kappa shape index (κ2) is 6.11. The van der Waals surface area contributed by atoms with E-state index in [4.69, 9.17) is 10.5 Å². The number of nitrogens with two attached hydrogens (primary N) is 1. The van der Waals surface area contributed by atoms with Gasteiger partial charge in [-0.15, -0.1) is 5.10 Å². The maximum atomic E-state index is 5.54. The van der Waals surface area contributed by atoms with Gasteiger partial charge in [-0.25, -0.2) is 0 Å². The summed E-state index contributed by atoms with van der Waals surface area (Å²) in [5, 5.41) is 8.41. The van der Waals surface area contributed by atoms with Crippen LogP contribution in [0.1, 0.15) is 25.5 Å². The number of anilines is 1. The minimum atomic E-state index is 0.434. The van der Waals surface area contributed by atoms with Gasteiger partial charge < -0.3 is 15.4 Å². The minimum absolute atomic E-state index is 0.434. The fourth-order valence-electron chi connectivity index (χ4n) is 2.16. The van der Waals surface area contributed by atoms with Crippen LogP contribution >= 0.6 is 0 Å². The summed E-state index contributed by atoms with van der Waals surface area (Å²) in [4.78, 5) is 2.29. The molecule has 1 aliphatic carbocycles. The van der Waals surface area contributed by atoms with Gasteiger partial charge >= 0.3 is 0 Å². The van der Waals surface area contributed by atoms with E-state index in [1.165, 1.54) is 12.8 Å². The number of rotatable bonds is 7. The zero-order chi connectivity index (χ0) is 13.0. The van der Waals surface area contributed by atoms with Crippen LogP contribution in [-0.2, 0) is 11.3 Å². The molecule has 1 unspecified atom stereocenters. The Labute approximate surface area is 108 Å². The van der Waals surface area contributed by atoms with Gasteiger partial charge in [-0.3, -0.25) is 0 Å². The van der Waals surface area contributed by atoms with Crippen LogP contribution in [0.15, 0.2) is 12.1 Å². The average Bonchev–Trinajstić information content (AvgIpc) is 3.24. The van der Waals surface area contributed by atoms with Crippen molar-refractivity contribution in [2.24, 2.45) is 11.7 Å². The molecule has 1 saturated carbocycles. The smallest absolute Gasteiger partial charge is 0.151 e. The third-order valence-corrected chi connectivity index (χ3v) is 3.54. The second-order valence-electron chi connectivity index (χ2n) is 4.85. The van der Waals surface area contributed by atoms with Crippen molar-refractivity contribution in [3.63, 3.8) is 0 Å². The summed E-state index contributed by atoms with van der Waals surface area (Å²) in [7, 11) is 1.73. The highest BCUT2D eigenvalue weighted by atomic mass is 16.5. The molecule has 2 rings (SSSR count). The molecule has 0 spiro atoms. The second-order valence-corrected chi connectivity index (χ2v) is 4.85. The third kappa shape index (κ3) is 3.17. The lowest BCUT2D eigenvalue weighted by Crippen LogP contribution is -2.38. The highest BCUT2D eigenvalue weighted by Gasteiger charge is 2.32. The molecule has 1 atom stereocenters. The Bertz CT molecular complexity index is 364. The molecular weight excluding hydrogens is 228 g/mol. The monoisotopic (exact) mass is 250 g/mol. The van der Waals surface area contributed by atoms with Gasteiger partial charge in [0.2, 0.25) is 0 Å². The normalized spacial score (nSPS) is 16.6. The molecule has 1 aromatic rings. The van der Waals surface area contributed by atoms with Gasteiger partial charge in [0.1, 0.15) is 0 Å². The fourth-order valence-corrected chi connectivity index (χ4v) is 2.16. The molecule has 2 N–H and O–H groups in total. The molecule has 0 aliphatic heterocycles. The maximum absolute atomic E-state index is 5.54. The van der Waals surface area contributed by atoms with Crippen LogP contribution < -0.4 is 10.6 Å². The summed E-state index contributed by atoms with van der Waals surface area (Å²) in [6.07, 6.45) is 2.64. The van der Waals surface area contributed by atoms with Crippen molar-refractivity contribution in [2.45, 2.75) is 32.4 Å². The Morgan fingerprint density at radius 3 is 2.72 bits per heavy atom. The molecule has 1 aromatic heterocycles. The van der Waals surface area contributed by atoms with Crippen LogP contribution in [0.5, 0.6) is 0 Å². The van der Waals surface area contributed by atoms with Crippen LogP contribution in [0.4, 0.5) is 5.82 Å². The number of hydrogen-bond acceptors (Lipinski definition) is 5. The van der Waals surface area contributed by atoms with Gasteiger partial charge in [0.15, 0.2) is 5.82 Å². The van der Waals surface area contributed by atoms with Gasteiger partial charge in [-0.1, -0.05) is 0 Å². The molecular formula is C13H22N4O. The van der Waals surface area contributed by atoms with E-state index in [2.05, 4.69) is 22.0 Å². The quantitative estimate of drug-likeness (QED) is 0.787. The molecule has 1 heterocycles. The van der Waals surface area contributed by atoms with Gasteiger partial charge in [-0.05, 0) is 37.8 Å². The standard InChI is InChI=1S/C13H22N4O/c1-10(11-3-4-11)17(7-8-18-2)13-6-5-12(9-14)15-16-13/h5-6,10-11H,3-4,7-9,14H2,1-2H3. The highest BCUT2D eigenvalue weighted by molar-refractivity contribution is 5.39. The lowest BCUT2D eigenvalue weighted by Gasteiger charge is -2.29. The molecule has 0 saturated heterocycles. The molecule has 0 aromatic carbocycles. The molecule has 100 valence electrons. The molecule has 1 aliphatic rings. The van der Waals surface area contributed by atoms with E-state index >= 15 is 0 Å². The van der Waals surface area contributed by atoms with Crippen LogP contribution in [0, 0.1) is 5.92 Å². The summed E-state index contributed by atoms with van der Waals surface area (Å²) < 4.78 is 5.18.